The lowest BCUT2D eigenvalue weighted by molar-refractivity contribution is -0.137. The average molecular weight is 355 g/mol. The molecule has 1 amide bonds. The lowest BCUT2D eigenvalue weighted by Gasteiger charge is -2.31. The standard InChI is InChI=1S/C20H29N5O/c1-23-11-4-2-3-8-19(23)20(26)25(16-18-7-5-9-21-15-18)13-6-12-24-14-10-22-17-24/h5,7,9-10,14-15,17,19H,2-4,6,8,11-13,16H2,1H3. The molecule has 26 heavy (non-hydrogen) atoms. The van der Waals surface area contributed by atoms with Crippen LogP contribution in [0.3, 0.4) is 0 Å². The second-order valence-corrected chi connectivity index (χ2v) is 7.12. The third-order valence-electron chi connectivity index (χ3n) is 5.12. The minimum atomic E-state index is 0.00224. The number of aryl methyl sites for hydroxylation is 1. The van der Waals surface area contributed by atoms with Crippen LogP contribution >= 0.6 is 0 Å². The molecule has 1 fully saturated rings. The average Bonchev–Trinajstić information content (AvgIpc) is 3.08. The predicted molar refractivity (Wildman–Crippen MR) is 101 cm³/mol. The van der Waals surface area contributed by atoms with E-state index in [2.05, 4.69) is 26.5 Å². The van der Waals surface area contributed by atoms with Gasteiger partial charge >= 0.3 is 0 Å². The van der Waals surface area contributed by atoms with Gasteiger partial charge in [0.05, 0.1) is 12.4 Å². The van der Waals surface area contributed by atoms with Crippen LogP contribution in [0.1, 0.15) is 37.7 Å². The molecule has 1 aliphatic heterocycles. The number of rotatable bonds is 7. The maximum Gasteiger partial charge on any atom is 0.240 e. The maximum atomic E-state index is 13.3. The van der Waals surface area contributed by atoms with Gasteiger partial charge in [0.1, 0.15) is 0 Å². The molecule has 6 heteroatoms. The van der Waals surface area contributed by atoms with Gasteiger partial charge in [-0.3, -0.25) is 14.7 Å². The number of pyridine rings is 1. The van der Waals surface area contributed by atoms with Gasteiger partial charge in [-0.05, 0) is 44.5 Å². The number of amides is 1. The van der Waals surface area contributed by atoms with Gasteiger partial charge in [-0.25, -0.2) is 4.98 Å². The zero-order valence-electron chi connectivity index (χ0n) is 15.6. The summed E-state index contributed by atoms with van der Waals surface area (Å²) in [5, 5.41) is 0. The van der Waals surface area contributed by atoms with Crippen molar-refractivity contribution < 1.29 is 4.79 Å². The lowest BCUT2D eigenvalue weighted by atomic mass is 10.1. The summed E-state index contributed by atoms with van der Waals surface area (Å²) in [6, 6.07) is 3.98. The third kappa shape index (κ3) is 5.14. The summed E-state index contributed by atoms with van der Waals surface area (Å²) in [6.07, 6.45) is 14.6. The van der Waals surface area contributed by atoms with E-state index in [1.807, 2.05) is 35.8 Å². The number of hydrogen-bond acceptors (Lipinski definition) is 4. The topological polar surface area (TPSA) is 54.3 Å². The monoisotopic (exact) mass is 355 g/mol. The quantitative estimate of drug-likeness (QED) is 0.766. The molecule has 3 rings (SSSR count). The number of likely N-dealkylation sites (N-methyl/N-ethyl adjacent to an activating group) is 1. The molecule has 1 atom stereocenters. The van der Waals surface area contributed by atoms with Crippen molar-refractivity contribution >= 4 is 5.91 Å². The molecule has 140 valence electrons. The van der Waals surface area contributed by atoms with Crippen LogP contribution in [0.5, 0.6) is 0 Å². The van der Waals surface area contributed by atoms with E-state index < -0.39 is 0 Å². The van der Waals surface area contributed by atoms with Gasteiger partial charge in [0.2, 0.25) is 5.91 Å². The van der Waals surface area contributed by atoms with Crippen LogP contribution in [0.25, 0.3) is 0 Å². The van der Waals surface area contributed by atoms with Gasteiger partial charge in [0, 0.05) is 44.4 Å². The fourth-order valence-electron chi connectivity index (χ4n) is 3.62. The van der Waals surface area contributed by atoms with E-state index in [0.29, 0.717) is 6.54 Å². The van der Waals surface area contributed by atoms with Crippen molar-refractivity contribution in [1.82, 2.24) is 24.3 Å². The van der Waals surface area contributed by atoms with E-state index in [4.69, 9.17) is 0 Å². The maximum absolute atomic E-state index is 13.3. The Bertz CT molecular complexity index is 658. The number of carbonyl (C=O) groups is 1. The molecule has 6 nitrogen and oxygen atoms in total. The highest BCUT2D eigenvalue weighted by atomic mass is 16.2. The third-order valence-corrected chi connectivity index (χ3v) is 5.12. The fraction of sp³-hybridized carbons (Fsp3) is 0.550. The summed E-state index contributed by atoms with van der Waals surface area (Å²) in [6.45, 7) is 3.25. The highest BCUT2D eigenvalue weighted by Crippen LogP contribution is 2.18. The SMILES string of the molecule is CN1CCCCCC1C(=O)N(CCCn1ccnc1)Cc1cccnc1. The molecule has 0 spiro atoms. The molecule has 2 aromatic rings. The summed E-state index contributed by atoms with van der Waals surface area (Å²) in [5.41, 5.74) is 1.08. The largest absolute Gasteiger partial charge is 0.337 e. The number of carbonyl (C=O) groups excluding carboxylic acids is 1. The zero-order chi connectivity index (χ0) is 18.2. The molecule has 0 saturated carbocycles. The highest BCUT2D eigenvalue weighted by Gasteiger charge is 2.28. The summed E-state index contributed by atoms with van der Waals surface area (Å²) < 4.78 is 2.06. The lowest BCUT2D eigenvalue weighted by Crippen LogP contribution is -2.47. The number of nitrogens with zero attached hydrogens (tertiary/aromatic N) is 5. The molecule has 0 bridgehead atoms. The van der Waals surface area contributed by atoms with Crippen molar-refractivity contribution in [2.45, 2.75) is 51.2 Å². The Labute approximate surface area is 155 Å². The molecule has 2 aromatic heterocycles. The van der Waals surface area contributed by atoms with E-state index in [9.17, 15) is 4.79 Å². The minimum Gasteiger partial charge on any atom is -0.337 e. The van der Waals surface area contributed by atoms with Crippen molar-refractivity contribution in [3.8, 4) is 0 Å². The van der Waals surface area contributed by atoms with E-state index >= 15 is 0 Å². The van der Waals surface area contributed by atoms with Crippen molar-refractivity contribution in [1.29, 1.82) is 0 Å². The summed E-state index contributed by atoms with van der Waals surface area (Å²) in [7, 11) is 2.08. The fourth-order valence-corrected chi connectivity index (χ4v) is 3.62. The molecule has 3 heterocycles. The summed E-state index contributed by atoms with van der Waals surface area (Å²) in [4.78, 5) is 25.8. The Balaban J connectivity index is 1.67. The van der Waals surface area contributed by atoms with Crippen LogP contribution in [0.15, 0.2) is 43.2 Å². The highest BCUT2D eigenvalue weighted by molar-refractivity contribution is 5.81. The number of imidazole rings is 1. The minimum absolute atomic E-state index is 0.00224. The molecule has 1 unspecified atom stereocenters. The van der Waals surface area contributed by atoms with Crippen molar-refractivity contribution in [3.05, 3.63) is 48.8 Å². The number of hydrogen-bond donors (Lipinski definition) is 0. The molecule has 1 aliphatic rings. The van der Waals surface area contributed by atoms with Gasteiger partial charge in [0.15, 0.2) is 0 Å². The number of likely N-dealkylation sites (tertiary alicyclic amines) is 1. The second kappa shape index (κ2) is 9.48. The Morgan fingerprint density at radius 1 is 1.27 bits per heavy atom. The molecule has 1 saturated heterocycles. The van der Waals surface area contributed by atoms with Crippen LogP contribution in [0, 0.1) is 0 Å². The van der Waals surface area contributed by atoms with Crippen molar-refractivity contribution in [3.63, 3.8) is 0 Å². The summed E-state index contributed by atoms with van der Waals surface area (Å²) >= 11 is 0. The normalized spacial score (nSPS) is 18.4. The first kappa shape index (κ1) is 18.6. The molecule has 0 N–H and O–H groups in total. The van der Waals surface area contributed by atoms with Gasteiger partial charge < -0.3 is 9.47 Å². The first-order valence-corrected chi connectivity index (χ1v) is 9.58. The van der Waals surface area contributed by atoms with Crippen LogP contribution in [-0.2, 0) is 17.9 Å². The molecule has 0 aliphatic carbocycles. The Morgan fingerprint density at radius 3 is 2.96 bits per heavy atom. The van der Waals surface area contributed by atoms with Gasteiger partial charge in [-0.15, -0.1) is 0 Å². The van der Waals surface area contributed by atoms with Crippen molar-refractivity contribution in [2.24, 2.45) is 0 Å². The van der Waals surface area contributed by atoms with Crippen LogP contribution < -0.4 is 0 Å². The van der Waals surface area contributed by atoms with Crippen LogP contribution in [0.2, 0.25) is 0 Å². The van der Waals surface area contributed by atoms with Gasteiger partial charge in [0.25, 0.3) is 0 Å². The van der Waals surface area contributed by atoms with E-state index in [1.54, 1.807) is 12.4 Å². The molecular weight excluding hydrogens is 326 g/mol. The Hall–Kier alpha value is -2.21. The summed E-state index contributed by atoms with van der Waals surface area (Å²) in [5.74, 6) is 0.254. The second-order valence-electron chi connectivity index (χ2n) is 7.12. The van der Waals surface area contributed by atoms with E-state index in [0.717, 1.165) is 44.5 Å². The molecule has 0 radical (unpaired) electrons. The Morgan fingerprint density at radius 2 is 2.19 bits per heavy atom. The van der Waals surface area contributed by atoms with E-state index in [-0.39, 0.29) is 11.9 Å². The first-order chi connectivity index (χ1) is 12.7. The van der Waals surface area contributed by atoms with Crippen LogP contribution in [-0.4, -0.2) is 56.4 Å². The molecule has 0 aromatic carbocycles. The van der Waals surface area contributed by atoms with Crippen LogP contribution in [0.4, 0.5) is 0 Å². The molecular formula is C20H29N5O. The van der Waals surface area contributed by atoms with Gasteiger partial charge in [-0.2, -0.15) is 0 Å². The Kier molecular flexibility index (Phi) is 6.77. The number of aromatic nitrogens is 3. The predicted octanol–water partition coefficient (Wildman–Crippen LogP) is 2.57. The first-order valence-electron chi connectivity index (χ1n) is 9.58. The smallest absolute Gasteiger partial charge is 0.240 e. The zero-order valence-corrected chi connectivity index (χ0v) is 15.6. The van der Waals surface area contributed by atoms with Crippen molar-refractivity contribution in [2.75, 3.05) is 20.1 Å². The van der Waals surface area contributed by atoms with E-state index in [1.165, 1.54) is 12.8 Å². The van der Waals surface area contributed by atoms with Gasteiger partial charge in [-0.1, -0.05) is 18.9 Å².